The second-order valence-electron chi connectivity index (χ2n) is 4.82. The molecule has 1 amide bonds. The van der Waals surface area contributed by atoms with E-state index in [2.05, 4.69) is 22.2 Å². The summed E-state index contributed by atoms with van der Waals surface area (Å²) in [7, 11) is 5.24. The van der Waals surface area contributed by atoms with Gasteiger partial charge in [0, 0.05) is 39.8 Å². The number of rotatable bonds is 6. The largest absolute Gasteiger partial charge is 0.356 e. The molecule has 1 rings (SSSR count). The average molecular weight is 288 g/mol. The van der Waals surface area contributed by atoms with Crippen LogP contribution in [0.5, 0.6) is 0 Å². The van der Waals surface area contributed by atoms with Crippen molar-refractivity contribution >= 4 is 11.9 Å². The van der Waals surface area contributed by atoms with Crippen LogP contribution in [-0.2, 0) is 6.42 Å². The van der Waals surface area contributed by atoms with Crippen molar-refractivity contribution in [3.05, 3.63) is 48.0 Å². The van der Waals surface area contributed by atoms with Crippen LogP contribution < -0.4 is 10.6 Å². The van der Waals surface area contributed by atoms with Crippen molar-refractivity contribution in [3.63, 3.8) is 0 Å². The Morgan fingerprint density at radius 3 is 2.76 bits per heavy atom. The van der Waals surface area contributed by atoms with Gasteiger partial charge in [0.25, 0.3) is 5.91 Å². The summed E-state index contributed by atoms with van der Waals surface area (Å²) in [6.45, 7) is 5.07. The molecule has 0 aliphatic heterocycles. The average Bonchev–Trinajstić information content (AvgIpc) is 2.50. The molecule has 0 aliphatic carbocycles. The molecule has 0 radical (unpaired) electrons. The van der Waals surface area contributed by atoms with Crippen LogP contribution in [0.1, 0.15) is 15.9 Å². The van der Waals surface area contributed by atoms with Crippen molar-refractivity contribution in [1.29, 1.82) is 0 Å². The first-order valence-electron chi connectivity index (χ1n) is 6.94. The monoisotopic (exact) mass is 288 g/mol. The first kappa shape index (κ1) is 16.8. The first-order valence-corrected chi connectivity index (χ1v) is 6.94. The number of benzene rings is 1. The SMILES string of the molecule is C=CCNC(=NC)NCCc1cccc(C(=O)N(C)C)c1. The molecule has 0 saturated heterocycles. The maximum Gasteiger partial charge on any atom is 0.253 e. The molecule has 5 nitrogen and oxygen atoms in total. The van der Waals surface area contributed by atoms with Gasteiger partial charge in [0.05, 0.1) is 0 Å². The summed E-state index contributed by atoms with van der Waals surface area (Å²) in [5, 5.41) is 6.33. The van der Waals surface area contributed by atoms with E-state index in [0.717, 1.165) is 24.5 Å². The van der Waals surface area contributed by atoms with Gasteiger partial charge in [-0.2, -0.15) is 0 Å². The lowest BCUT2D eigenvalue weighted by Gasteiger charge is -2.12. The quantitative estimate of drug-likeness (QED) is 0.471. The second-order valence-corrected chi connectivity index (χ2v) is 4.82. The molecular weight excluding hydrogens is 264 g/mol. The summed E-state index contributed by atoms with van der Waals surface area (Å²) in [4.78, 5) is 17.6. The number of hydrogen-bond acceptors (Lipinski definition) is 2. The molecule has 0 saturated carbocycles. The molecule has 0 aliphatic rings. The number of hydrogen-bond donors (Lipinski definition) is 2. The van der Waals surface area contributed by atoms with Gasteiger partial charge in [0.15, 0.2) is 5.96 Å². The van der Waals surface area contributed by atoms with Crippen LogP contribution in [-0.4, -0.2) is 51.0 Å². The highest BCUT2D eigenvalue weighted by Gasteiger charge is 2.07. The number of amides is 1. The maximum atomic E-state index is 11.9. The van der Waals surface area contributed by atoms with Crippen LogP contribution in [0.2, 0.25) is 0 Å². The van der Waals surface area contributed by atoms with Crippen molar-refractivity contribution in [3.8, 4) is 0 Å². The van der Waals surface area contributed by atoms with Gasteiger partial charge in [-0.25, -0.2) is 0 Å². The minimum Gasteiger partial charge on any atom is -0.356 e. The van der Waals surface area contributed by atoms with E-state index in [4.69, 9.17) is 0 Å². The molecule has 5 heteroatoms. The van der Waals surface area contributed by atoms with E-state index >= 15 is 0 Å². The zero-order valence-electron chi connectivity index (χ0n) is 13.0. The minimum atomic E-state index is 0.0215. The molecular formula is C16H24N4O. The Balaban J connectivity index is 2.54. The summed E-state index contributed by atoms with van der Waals surface area (Å²) in [6.07, 6.45) is 2.60. The molecule has 0 heterocycles. The first-order chi connectivity index (χ1) is 10.1. The molecule has 0 atom stereocenters. The van der Waals surface area contributed by atoms with Crippen LogP contribution in [0.15, 0.2) is 41.9 Å². The highest BCUT2D eigenvalue weighted by Crippen LogP contribution is 2.07. The normalized spacial score (nSPS) is 10.9. The number of nitrogens with one attached hydrogen (secondary N) is 2. The van der Waals surface area contributed by atoms with E-state index in [1.54, 1.807) is 32.1 Å². The highest BCUT2D eigenvalue weighted by atomic mass is 16.2. The lowest BCUT2D eigenvalue weighted by molar-refractivity contribution is 0.0827. The van der Waals surface area contributed by atoms with Crippen LogP contribution in [0.25, 0.3) is 0 Å². The molecule has 1 aromatic carbocycles. The van der Waals surface area contributed by atoms with Gasteiger partial charge in [-0.3, -0.25) is 9.79 Å². The van der Waals surface area contributed by atoms with E-state index < -0.39 is 0 Å². The van der Waals surface area contributed by atoms with E-state index in [1.165, 1.54) is 0 Å². The van der Waals surface area contributed by atoms with Gasteiger partial charge in [-0.15, -0.1) is 6.58 Å². The predicted octanol–water partition coefficient (Wildman–Crippen LogP) is 1.28. The van der Waals surface area contributed by atoms with Crippen LogP contribution >= 0.6 is 0 Å². The topological polar surface area (TPSA) is 56.7 Å². The van der Waals surface area contributed by atoms with Gasteiger partial charge in [0.1, 0.15) is 0 Å². The third-order valence-corrected chi connectivity index (χ3v) is 2.92. The lowest BCUT2D eigenvalue weighted by Crippen LogP contribution is -2.38. The van der Waals surface area contributed by atoms with Gasteiger partial charge >= 0.3 is 0 Å². The zero-order chi connectivity index (χ0) is 15.7. The van der Waals surface area contributed by atoms with Crippen molar-refractivity contribution in [2.75, 3.05) is 34.2 Å². The van der Waals surface area contributed by atoms with Crippen molar-refractivity contribution in [1.82, 2.24) is 15.5 Å². The summed E-state index contributed by atoms with van der Waals surface area (Å²) in [6, 6.07) is 7.71. The number of carbonyl (C=O) groups is 1. The van der Waals surface area contributed by atoms with Crippen molar-refractivity contribution in [2.24, 2.45) is 4.99 Å². The van der Waals surface area contributed by atoms with E-state index in [-0.39, 0.29) is 5.91 Å². The predicted molar refractivity (Wildman–Crippen MR) is 87.7 cm³/mol. The Bertz CT molecular complexity index is 509. The molecule has 114 valence electrons. The molecule has 0 aromatic heterocycles. The third-order valence-electron chi connectivity index (χ3n) is 2.92. The standard InChI is InChI=1S/C16H24N4O/c1-5-10-18-16(17-2)19-11-9-13-7-6-8-14(12-13)15(21)20(3)4/h5-8,12H,1,9-11H2,2-4H3,(H2,17,18,19). The third kappa shape index (κ3) is 5.69. The second kappa shape index (κ2) is 8.79. The fourth-order valence-corrected chi connectivity index (χ4v) is 1.83. The summed E-state index contributed by atoms with van der Waals surface area (Å²) < 4.78 is 0. The fourth-order valence-electron chi connectivity index (χ4n) is 1.83. The van der Waals surface area contributed by atoms with Crippen LogP contribution in [0.3, 0.4) is 0 Å². The van der Waals surface area contributed by atoms with E-state index in [1.807, 2.05) is 24.3 Å². The highest BCUT2D eigenvalue weighted by molar-refractivity contribution is 5.94. The number of aliphatic imine (C=N–C) groups is 1. The van der Waals surface area contributed by atoms with Crippen LogP contribution in [0.4, 0.5) is 0 Å². The molecule has 0 spiro atoms. The summed E-state index contributed by atoms with van der Waals surface area (Å²) in [5.74, 6) is 0.767. The molecule has 0 unspecified atom stereocenters. The van der Waals surface area contributed by atoms with Crippen molar-refractivity contribution in [2.45, 2.75) is 6.42 Å². The van der Waals surface area contributed by atoms with E-state index in [0.29, 0.717) is 12.1 Å². The lowest BCUT2D eigenvalue weighted by atomic mass is 10.1. The summed E-state index contributed by atoms with van der Waals surface area (Å²) >= 11 is 0. The van der Waals surface area contributed by atoms with Gasteiger partial charge in [-0.05, 0) is 24.1 Å². The fraction of sp³-hybridized carbons (Fsp3) is 0.375. The van der Waals surface area contributed by atoms with Gasteiger partial charge in [-0.1, -0.05) is 18.2 Å². The molecule has 0 fully saturated rings. The Kier molecular flexibility index (Phi) is 7.01. The Labute approximate surface area is 126 Å². The number of carbonyl (C=O) groups excluding carboxylic acids is 1. The Morgan fingerprint density at radius 2 is 2.14 bits per heavy atom. The molecule has 2 N–H and O–H groups in total. The minimum absolute atomic E-state index is 0.0215. The molecule has 21 heavy (non-hydrogen) atoms. The van der Waals surface area contributed by atoms with E-state index in [9.17, 15) is 4.79 Å². The Morgan fingerprint density at radius 1 is 1.38 bits per heavy atom. The molecule has 1 aromatic rings. The molecule has 0 bridgehead atoms. The summed E-state index contributed by atoms with van der Waals surface area (Å²) in [5.41, 5.74) is 1.83. The van der Waals surface area contributed by atoms with Gasteiger partial charge < -0.3 is 15.5 Å². The number of nitrogens with zero attached hydrogens (tertiary/aromatic N) is 2. The maximum absolute atomic E-state index is 11.9. The van der Waals surface area contributed by atoms with Crippen LogP contribution in [0, 0.1) is 0 Å². The zero-order valence-corrected chi connectivity index (χ0v) is 13.0. The Hall–Kier alpha value is -2.30. The van der Waals surface area contributed by atoms with Crippen molar-refractivity contribution < 1.29 is 4.79 Å². The number of guanidine groups is 1. The smallest absolute Gasteiger partial charge is 0.253 e. The van der Waals surface area contributed by atoms with Gasteiger partial charge in [0.2, 0.25) is 0 Å².